The van der Waals surface area contributed by atoms with E-state index in [1.165, 1.54) is 21.9 Å². The predicted octanol–water partition coefficient (Wildman–Crippen LogP) is 3.63. The van der Waals surface area contributed by atoms with Crippen LogP contribution in [-0.4, -0.2) is 0 Å². The lowest BCUT2D eigenvalue weighted by Gasteiger charge is -2.05. The maximum Gasteiger partial charge on any atom is 0.0180 e. The molecule has 0 saturated carbocycles. The molecule has 0 fully saturated rings. The van der Waals surface area contributed by atoms with Gasteiger partial charge in [-0.15, -0.1) is 0 Å². The van der Waals surface area contributed by atoms with Crippen molar-refractivity contribution < 1.29 is 0 Å². The van der Waals surface area contributed by atoms with Crippen molar-refractivity contribution in [2.24, 2.45) is 5.73 Å². The third kappa shape index (κ3) is 2.57. The molecule has 0 unspecified atom stereocenters. The van der Waals surface area contributed by atoms with Gasteiger partial charge in [-0.1, -0.05) is 44.2 Å². The van der Waals surface area contributed by atoms with Crippen LogP contribution in [0.2, 0.25) is 0 Å². The highest BCUT2D eigenvalue weighted by atomic mass is 14.5. The van der Waals surface area contributed by atoms with Crippen molar-refractivity contribution in [2.75, 3.05) is 0 Å². The van der Waals surface area contributed by atoms with Crippen LogP contribution in [0.15, 0.2) is 36.4 Å². The van der Waals surface area contributed by atoms with Crippen molar-refractivity contribution in [1.29, 1.82) is 0 Å². The van der Waals surface area contributed by atoms with E-state index in [-0.39, 0.29) is 0 Å². The van der Waals surface area contributed by atoms with Gasteiger partial charge in [-0.2, -0.15) is 0 Å². The van der Waals surface area contributed by atoms with Gasteiger partial charge in [0, 0.05) is 6.54 Å². The molecule has 0 aliphatic rings. The number of hydrogen-bond acceptors (Lipinski definition) is 1. The highest BCUT2D eigenvalue weighted by Gasteiger charge is 1.98. The maximum atomic E-state index is 5.64. The van der Waals surface area contributed by atoms with E-state index in [1.807, 2.05) is 13.8 Å². The molecular formula is C14H19N. The van der Waals surface area contributed by atoms with Gasteiger partial charge in [-0.05, 0) is 34.9 Å². The van der Waals surface area contributed by atoms with Crippen molar-refractivity contribution in [2.45, 2.75) is 27.3 Å². The van der Waals surface area contributed by atoms with E-state index >= 15 is 0 Å². The van der Waals surface area contributed by atoms with Gasteiger partial charge >= 0.3 is 0 Å². The molecule has 0 spiro atoms. The minimum atomic E-state index is 0.622. The van der Waals surface area contributed by atoms with E-state index in [1.54, 1.807) is 0 Å². The van der Waals surface area contributed by atoms with E-state index in [2.05, 4.69) is 43.3 Å². The Hall–Kier alpha value is -1.34. The largest absolute Gasteiger partial charge is 0.326 e. The monoisotopic (exact) mass is 201 g/mol. The highest BCUT2D eigenvalue weighted by molar-refractivity contribution is 5.83. The number of nitrogens with two attached hydrogens (primary N) is 1. The Bertz CT molecular complexity index is 432. The molecule has 0 heterocycles. The summed E-state index contributed by atoms with van der Waals surface area (Å²) < 4.78 is 0. The third-order valence-electron chi connectivity index (χ3n) is 2.42. The van der Waals surface area contributed by atoms with E-state index < -0.39 is 0 Å². The zero-order chi connectivity index (χ0) is 11.3. The summed E-state index contributed by atoms with van der Waals surface area (Å²) in [6.07, 6.45) is 0. The molecule has 0 saturated heterocycles. The van der Waals surface area contributed by atoms with Crippen LogP contribution in [0, 0.1) is 6.92 Å². The van der Waals surface area contributed by atoms with Gasteiger partial charge in [0.15, 0.2) is 0 Å². The number of fused-ring (bicyclic) bond motifs is 1. The fourth-order valence-corrected chi connectivity index (χ4v) is 1.62. The van der Waals surface area contributed by atoms with Crippen LogP contribution < -0.4 is 5.73 Å². The summed E-state index contributed by atoms with van der Waals surface area (Å²) in [6.45, 7) is 6.73. The molecule has 0 aliphatic heterocycles. The van der Waals surface area contributed by atoms with Crippen LogP contribution in [0.3, 0.4) is 0 Å². The average molecular weight is 201 g/mol. The van der Waals surface area contributed by atoms with Crippen molar-refractivity contribution in [3.8, 4) is 0 Å². The first-order valence-corrected chi connectivity index (χ1v) is 5.49. The summed E-state index contributed by atoms with van der Waals surface area (Å²) in [6, 6.07) is 12.7. The number of benzene rings is 2. The SMILES string of the molecule is CC.Cc1cc2ccccc2cc1CN. The number of rotatable bonds is 1. The number of aryl methyl sites for hydroxylation is 1. The lowest BCUT2D eigenvalue weighted by Crippen LogP contribution is -1.98. The Balaban J connectivity index is 0.000000531. The molecule has 2 rings (SSSR count). The van der Waals surface area contributed by atoms with Crippen LogP contribution in [0.4, 0.5) is 0 Å². The normalized spacial score (nSPS) is 9.60. The summed E-state index contributed by atoms with van der Waals surface area (Å²) >= 11 is 0. The van der Waals surface area contributed by atoms with Crippen LogP contribution in [-0.2, 0) is 6.54 Å². The van der Waals surface area contributed by atoms with Crippen molar-refractivity contribution in [3.63, 3.8) is 0 Å². The molecule has 0 atom stereocenters. The Kier molecular flexibility index (Phi) is 4.32. The standard InChI is InChI=1S/C12H13N.C2H6/c1-9-6-10-4-2-3-5-11(10)7-12(9)8-13;1-2/h2-7H,8,13H2,1H3;1-2H3. The first kappa shape index (κ1) is 11.7. The molecule has 15 heavy (non-hydrogen) atoms. The Labute approximate surface area is 91.9 Å². The Morgan fingerprint density at radius 1 is 1.00 bits per heavy atom. The molecule has 0 amide bonds. The van der Waals surface area contributed by atoms with Crippen molar-refractivity contribution in [1.82, 2.24) is 0 Å². The lowest BCUT2D eigenvalue weighted by atomic mass is 10.0. The van der Waals surface area contributed by atoms with Gasteiger partial charge < -0.3 is 5.73 Å². The molecule has 2 aromatic carbocycles. The van der Waals surface area contributed by atoms with E-state index in [0.29, 0.717) is 6.54 Å². The molecular weight excluding hydrogens is 182 g/mol. The number of hydrogen-bond donors (Lipinski definition) is 1. The molecule has 2 aromatic rings. The first-order chi connectivity index (χ1) is 7.31. The molecule has 0 bridgehead atoms. The predicted molar refractivity (Wildman–Crippen MR) is 67.9 cm³/mol. The van der Waals surface area contributed by atoms with E-state index in [9.17, 15) is 0 Å². The van der Waals surface area contributed by atoms with Gasteiger partial charge in [-0.3, -0.25) is 0 Å². The topological polar surface area (TPSA) is 26.0 Å². The van der Waals surface area contributed by atoms with Gasteiger partial charge in [0.25, 0.3) is 0 Å². The zero-order valence-corrected chi connectivity index (χ0v) is 9.75. The summed E-state index contributed by atoms with van der Waals surface area (Å²) in [7, 11) is 0. The first-order valence-electron chi connectivity index (χ1n) is 5.49. The van der Waals surface area contributed by atoms with Gasteiger partial charge in [0.1, 0.15) is 0 Å². The second-order valence-corrected chi connectivity index (χ2v) is 3.33. The minimum Gasteiger partial charge on any atom is -0.326 e. The molecule has 0 radical (unpaired) electrons. The molecule has 0 aromatic heterocycles. The molecule has 1 nitrogen and oxygen atoms in total. The fourth-order valence-electron chi connectivity index (χ4n) is 1.62. The molecule has 80 valence electrons. The summed E-state index contributed by atoms with van der Waals surface area (Å²) in [5, 5.41) is 2.56. The quantitative estimate of drug-likeness (QED) is 0.749. The Morgan fingerprint density at radius 2 is 1.53 bits per heavy atom. The van der Waals surface area contributed by atoms with Crippen molar-refractivity contribution >= 4 is 10.8 Å². The van der Waals surface area contributed by atoms with E-state index in [4.69, 9.17) is 5.73 Å². The summed E-state index contributed by atoms with van der Waals surface area (Å²) in [5.74, 6) is 0. The maximum absolute atomic E-state index is 5.64. The van der Waals surface area contributed by atoms with Crippen LogP contribution in [0.5, 0.6) is 0 Å². The van der Waals surface area contributed by atoms with Crippen LogP contribution in [0.25, 0.3) is 10.8 Å². The second kappa shape index (κ2) is 5.52. The van der Waals surface area contributed by atoms with Gasteiger partial charge in [0.05, 0.1) is 0 Å². The van der Waals surface area contributed by atoms with Crippen LogP contribution in [0.1, 0.15) is 25.0 Å². The molecule has 0 aliphatic carbocycles. The van der Waals surface area contributed by atoms with E-state index in [0.717, 1.165) is 0 Å². The fraction of sp³-hybridized carbons (Fsp3) is 0.286. The third-order valence-corrected chi connectivity index (χ3v) is 2.42. The average Bonchev–Trinajstić information content (AvgIpc) is 2.31. The van der Waals surface area contributed by atoms with Crippen LogP contribution >= 0.6 is 0 Å². The molecule has 2 N–H and O–H groups in total. The van der Waals surface area contributed by atoms with Gasteiger partial charge in [0.2, 0.25) is 0 Å². The summed E-state index contributed by atoms with van der Waals surface area (Å²) in [4.78, 5) is 0. The Morgan fingerprint density at radius 3 is 2.07 bits per heavy atom. The lowest BCUT2D eigenvalue weighted by molar-refractivity contribution is 1.05. The molecule has 1 heteroatoms. The van der Waals surface area contributed by atoms with Crippen molar-refractivity contribution in [3.05, 3.63) is 47.5 Å². The minimum absolute atomic E-state index is 0.622. The zero-order valence-electron chi connectivity index (χ0n) is 9.75. The smallest absolute Gasteiger partial charge is 0.0180 e. The van der Waals surface area contributed by atoms with Gasteiger partial charge in [-0.25, -0.2) is 0 Å². The summed E-state index contributed by atoms with van der Waals surface area (Å²) in [5.41, 5.74) is 8.16. The second-order valence-electron chi connectivity index (χ2n) is 3.33. The highest BCUT2D eigenvalue weighted by Crippen LogP contribution is 2.18.